The van der Waals surface area contributed by atoms with Crippen LogP contribution >= 0.6 is 0 Å². The lowest BCUT2D eigenvalue weighted by Crippen LogP contribution is -2.32. The van der Waals surface area contributed by atoms with Gasteiger partial charge in [-0.05, 0) is 32.1 Å². The fourth-order valence-electron chi connectivity index (χ4n) is 3.52. The smallest absolute Gasteiger partial charge is 0.264 e. The topological polar surface area (TPSA) is 82.2 Å². The van der Waals surface area contributed by atoms with Crippen LogP contribution in [0.2, 0.25) is 0 Å². The molecule has 0 unspecified atom stereocenters. The summed E-state index contributed by atoms with van der Waals surface area (Å²) < 4.78 is 0. The van der Waals surface area contributed by atoms with E-state index in [9.17, 15) is 14.7 Å². The van der Waals surface area contributed by atoms with E-state index in [0.717, 1.165) is 49.8 Å². The molecule has 1 aromatic heterocycles. The van der Waals surface area contributed by atoms with Gasteiger partial charge in [-0.15, -0.1) is 0 Å². The molecule has 0 aliphatic heterocycles. The highest BCUT2D eigenvalue weighted by Gasteiger charge is 2.23. The minimum Gasteiger partial charge on any atom is -0.507 e. The van der Waals surface area contributed by atoms with Gasteiger partial charge in [0.1, 0.15) is 11.3 Å². The van der Waals surface area contributed by atoms with Crippen molar-refractivity contribution in [2.45, 2.75) is 84.0 Å². The predicted octanol–water partition coefficient (Wildman–Crippen LogP) is 3.83. The molecule has 5 nitrogen and oxygen atoms in total. The predicted molar refractivity (Wildman–Crippen MR) is 100 cm³/mol. The molecule has 140 valence electrons. The van der Waals surface area contributed by atoms with Crippen molar-refractivity contribution in [1.82, 2.24) is 10.3 Å². The monoisotopic (exact) mass is 348 g/mol. The third-order valence-electron chi connectivity index (χ3n) is 5.02. The molecule has 0 saturated heterocycles. The Morgan fingerprint density at radius 1 is 1.04 bits per heavy atom. The SMILES string of the molecule is CCCCCCCCCCNC(=O)c1c(O)c2c([nH]c1=O)CCCC2. The van der Waals surface area contributed by atoms with Crippen LogP contribution in [-0.2, 0) is 12.8 Å². The van der Waals surface area contributed by atoms with E-state index >= 15 is 0 Å². The summed E-state index contributed by atoms with van der Waals surface area (Å²) in [6.45, 7) is 2.76. The summed E-state index contributed by atoms with van der Waals surface area (Å²) in [7, 11) is 0. The van der Waals surface area contributed by atoms with E-state index in [1.807, 2.05) is 0 Å². The van der Waals surface area contributed by atoms with Gasteiger partial charge in [0, 0.05) is 17.8 Å². The first-order valence-electron chi connectivity index (χ1n) is 9.90. The number of nitrogens with one attached hydrogen (secondary N) is 2. The number of unbranched alkanes of at least 4 members (excludes halogenated alkanes) is 7. The number of carbonyl (C=O) groups is 1. The fraction of sp³-hybridized carbons (Fsp3) is 0.700. The highest BCUT2D eigenvalue weighted by molar-refractivity contribution is 5.96. The van der Waals surface area contributed by atoms with Gasteiger partial charge in [-0.25, -0.2) is 0 Å². The summed E-state index contributed by atoms with van der Waals surface area (Å²) in [5.74, 6) is -0.582. The zero-order valence-corrected chi connectivity index (χ0v) is 15.5. The number of amides is 1. The number of H-pyrrole nitrogens is 1. The minimum absolute atomic E-state index is 0.119. The van der Waals surface area contributed by atoms with Crippen LogP contribution < -0.4 is 10.9 Å². The molecular weight excluding hydrogens is 316 g/mol. The average molecular weight is 348 g/mol. The van der Waals surface area contributed by atoms with Crippen LogP contribution in [0.3, 0.4) is 0 Å². The third-order valence-corrected chi connectivity index (χ3v) is 5.02. The van der Waals surface area contributed by atoms with Gasteiger partial charge in [-0.2, -0.15) is 0 Å². The average Bonchev–Trinajstić information content (AvgIpc) is 2.60. The van der Waals surface area contributed by atoms with Crippen molar-refractivity contribution in [1.29, 1.82) is 0 Å². The van der Waals surface area contributed by atoms with Crippen molar-refractivity contribution in [2.75, 3.05) is 6.54 Å². The van der Waals surface area contributed by atoms with Crippen molar-refractivity contribution in [2.24, 2.45) is 0 Å². The van der Waals surface area contributed by atoms with Crippen LogP contribution in [0.25, 0.3) is 0 Å². The normalized spacial score (nSPS) is 13.5. The lowest BCUT2D eigenvalue weighted by Gasteiger charge is -2.18. The van der Waals surface area contributed by atoms with Crippen molar-refractivity contribution in [3.05, 3.63) is 27.2 Å². The number of hydrogen-bond donors (Lipinski definition) is 3. The summed E-state index contributed by atoms with van der Waals surface area (Å²) >= 11 is 0. The summed E-state index contributed by atoms with van der Waals surface area (Å²) in [6, 6.07) is 0. The molecule has 0 atom stereocenters. The molecule has 1 amide bonds. The van der Waals surface area contributed by atoms with Crippen molar-refractivity contribution >= 4 is 5.91 Å². The summed E-state index contributed by atoms with van der Waals surface area (Å²) in [5.41, 5.74) is 0.920. The quantitative estimate of drug-likeness (QED) is 0.562. The summed E-state index contributed by atoms with van der Waals surface area (Å²) in [6.07, 6.45) is 13.1. The molecule has 0 bridgehead atoms. The van der Waals surface area contributed by atoms with Gasteiger partial charge >= 0.3 is 0 Å². The third kappa shape index (κ3) is 5.62. The molecule has 0 aromatic carbocycles. The van der Waals surface area contributed by atoms with Crippen LogP contribution in [-0.4, -0.2) is 22.5 Å². The Morgan fingerprint density at radius 3 is 2.40 bits per heavy atom. The Labute approximate surface area is 150 Å². The first kappa shape index (κ1) is 19.5. The van der Waals surface area contributed by atoms with Gasteiger partial charge in [-0.3, -0.25) is 9.59 Å². The van der Waals surface area contributed by atoms with Crippen LogP contribution in [0.1, 0.15) is 92.7 Å². The van der Waals surface area contributed by atoms with Crippen LogP contribution in [0, 0.1) is 0 Å². The number of aromatic nitrogens is 1. The second-order valence-corrected chi connectivity index (χ2v) is 7.07. The number of fused-ring (bicyclic) bond motifs is 1. The zero-order chi connectivity index (χ0) is 18.1. The van der Waals surface area contributed by atoms with Crippen molar-refractivity contribution in [3.63, 3.8) is 0 Å². The molecule has 0 fully saturated rings. The summed E-state index contributed by atoms with van der Waals surface area (Å²) in [4.78, 5) is 27.2. The number of aromatic hydroxyl groups is 1. The standard InChI is InChI=1S/C20H32N2O3/c1-2-3-4-5-6-7-8-11-14-21-19(24)17-18(23)15-12-9-10-13-16(15)22-20(17)25/h2-14H2,1H3,(H,21,24)(H2,22,23,25). The van der Waals surface area contributed by atoms with Crippen LogP contribution in [0.4, 0.5) is 0 Å². The molecule has 1 aromatic rings. The molecular formula is C20H32N2O3. The van der Waals surface area contributed by atoms with Gasteiger partial charge < -0.3 is 15.4 Å². The Bertz CT molecular complexity index is 622. The molecule has 1 aliphatic carbocycles. The van der Waals surface area contributed by atoms with Crippen molar-refractivity contribution in [3.8, 4) is 5.75 Å². The van der Waals surface area contributed by atoms with Crippen LogP contribution in [0.15, 0.2) is 4.79 Å². The lowest BCUT2D eigenvalue weighted by atomic mass is 9.93. The Kier molecular flexibility index (Phi) is 8.02. The van der Waals surface area contributed by atoms with E-state index in [1.165, 1.54) is 38.5 Å². The summed E-state index contributed by atoms with van der Waals surface area (Å²) in [5, 5.41) is 13.1. The maximum Gasteiger partial charge on any atom is 0.264 e. The van der Waals surface area contributed by atoms with Gasteiger partial charge in [-0.1, -0.05) is 51.9 Å². The minimum atomic E-state index is -0.480. The van der Waals surface area contributed by atoms with E-state index < -0.39 is 11.5 Å². The van der Waals surface area contributed by atoms with E-state index in [0.29, 0.717) is 6.54 Å². The molecule has 0 saturated carbocycles. The lowest BCUT2D eigenvalue weighted by molar-refractivity contribution is 0.0948. The number of hydrogen-bond acceptors (Lipinski definition) is 3. The van der Waals surface area contributed by atoms with E-state index in [-0.39, 0.29) is 11.3 Å². The molecule has 5 heteroatoms. The number of pyridine rings is 1. The molecule has 3 N–H and O–H groups in total. The Balaban J connectivity index is 1.77. The van der Waals surface area contributed by atoms with E-state index in [2.05, 4.69) is 17.2 Å². The van der Waals surface area contributed by atoms with Gasteiger partial charge in [0.2, 0.25) is 0 Å². The number of carbonyl (C=O) groups excluding carboxylic acids is 1. The maximum atomic E-state index is 12.3. The van der Waals surface area contributed by atoms with Gasteiger partial charge in [0.15, 0.2) is 0 Å². The number of aryl methyl sites for hydroxylation is 1. The highest BCUT2D eigenvalue weighted by atomic mass is 16.3. The highest BCUT2D eigenvalue weighted by Crippen LogP contribution is 2.28. The molecule has 25 heavy (non-hydrogen) atoms. The van der Waals surface area contributed by atoms with Gasteiger partial charge in [0.05, 0.1) is 0 Å². The second kappa shape index (κ2) is 10.3. The van der Waals surface area contributed by atoms with Crippen LogP contribution in [0.5, 0.6) is 5.75 Å². The molecule has 1 aliphatic rings. The number of rotatable bonds is 10. The van der Waals surface area contributed by atoms with E-state index in [4.69, 9.17) is 0 Å². The Hall–Kier alpha value is -1.78. The zero-order valence-electron chi connectivity index (χ0n) is 15.5. The Morgan fingerprint density at radius 2 is 1.68 bits per heavy atom. The first-order chi connectivity index (χ1) is 12.1. The first-order valence-corrected chi connectivity index (χ1v) is 9.90. The second-order valence-electron chi connectivity index (χ2n) is 7.07. The van der Waals surface area contributed by atoms with Gasteiger partial charge in [0.25, 0.3) is 11.5 Å². The molecule has 0 spiro atoms. The fourth-order valence-corrected chi connectivity index (χ4v) is 3.52. The molecule has 0 radical (unpaired) electrons. The molecule has 1 heterocycles. The largest absolute Gasteiger partial charge is 0.507 e. The maximum absolute atomic E-state index is 12.3. The molecule has 2 rings (SSSR count). The number of aromatic amines is 1. The van der Waals surface area contributed by atoms with E-state index in [1.54, 1.807) is 0 Å². The van der Waals surface area contributed by atoms with Crippen molar-refractivity contribution < 1.29 is 9.90 Å².